The van der Waals surface area contributed by atoms with E-state index in [4.69, 9.17) is 15.7 Å². The van der Waals surface area contributed by atoms with Crippen molar-refractivity contribution in [2.75, 3.05) is 38.3 Å². The highest BCUT2D eigenvalue weighted by Gasteiger charge is 2.26. The largest absolute Gasteiger partial charge is 0.370 e. The van der Waals surface area contributed by atoms with Gasteiger partial charge in [0.1, 0.15) is 18.5 Å². The van der Waals surface area contributed by atoms with Crippen LogP contribution in [0.3, 0.4) is 0 Å². The first-order valence-corrected chi connectivity index (χ1v) is 11.2. The number of hydrogen-bond acceptors (Lipinski definition) is 7. The number of fused-ring (bicyclic) bond motifs is 1. The molecule has 2 aromatic heterocycles. The summed E-state index contributed by atoms with van der Waals surface area (Å²) >= 11 is 0. The Bertz CT molecular complexity index is 1210. The van der Waals surface area contributed by atoms with Crippen LogP contribution in [0.4, 0.5) is 5.82 Å². The van der Waals surface area contributed by atoms with Crippen LogP contribution in [0.5, 0.6) is 0 Å². The van der Waals surface area contributed by atoms with E-state index in [0.717, 1.165) is 42.7 Å². The predicted molar refractivity (Wildman–Crippen MR) is 126 cm³/mol. The third-order valence-electron chi connectivity index (χ3n) is 6.24. The Morgan fingerprint density at radius 2 is 2.03 bits per heavy atom. The van der Waals surface area contributed by atoms with Crippen molar-refractivity contribution in [1.82, 2.24) is 19.4 Å². The second kappa shape index (κ2) is 10.3. The van der Waals surface area contributed by atoms with Crippen LogP contribution in [0.15, 0.2) is 42.9 Å². The number of aromatic nitrogens is 3. The van der Waals surface area contributed by atoms with Crippen LogP contribution in [-0.2, 0) is 16.1 Å². The van der Waals surface area contributed by atoms with E-state index in [1.807, 2.05) is 36.0 Å². The Kier molecular flexibility index (Phi) is 7.04. The van der Waals surface area contributed by atoms with Crippen molar-refractivity contribution in [2.24, 2.45) is 5.73 Å². The van der Waals surface area contributed by atoms with Crippen LogP contribution in [0.25, 0.3) is 10.9 Å². The van der Waals surface area contributed by atoms with Gasteiger partial charge in [-0.1, -0.05) is 6.07 Å². The number of likely N-dealkylation sites (N-methyl/N-ethyl adjacent to an activating group) is 1. The topological polar surface area (TPSA) is 130 Å². The fourth-order valence-electron chi connectivity index (χ4n) is 4.18. The van der Waals surface area contributed by atoms with Gasteiger partial charge >= 0.3 is 0 Å². The van der Waals surface area contributed by atoms with Crippen molar-refractivity contribution >= 4 is 28.5 Å². The Morgan fingerprint density at radius 3 is 2.71 bits per heavy atom. The number of hydrogen-bond donors (Lipinski definition) is 1. The number of primary amides is 1. The van der Waals surface area contributed by atoms with Crippen molar-refractivity contribution in [3.63, 3.8) is 0 Å². The molecular formula is C24H27N7O3. The zero-order valence-electron chi connectivity index (χ0n) is 19.1. The molecule has 0 aliphatic carbocycles. The Labute approximate surface area is 197 Å². The maximum atomic E-state index is 12.6. The average Bonchev–Trinajstić information content (AvgIpc) is 3.28. The number of amides is 2. The quantitative estimate of drug-likeness (QED) is 0.504. The lowest BCUT2D eigenvalue weighted by Crippen LogP contribution is -2.47. The number of carbonyl (C=O) groups excluding carboxylic acids is 2. The zero-order chi connectivity index (χ0) is 24.1. The summed E-state index contributed by atoms with van der Waals surface area (Å²) in [6.45, 7) is 2.48. The molecule has 1 saturated heterocycles. The van der Waals surface area contributed by atoms with E-state index in [1.165, 1.54) is 6.20 Å². The summed E-state index contributed by atoms with van der Waals surface area (Å²) < 4.78 is 7.64. The van der Waals surface area contributed by atoms with E-state index in [1.54, 1.807) is 23.2 Å². The van der Waals surface area contributed by atoms with E-state index < -0.39 is 5.91 Å². The van der Waals surface area contributed by atoms with Crippen molar-refractivity contribution in [3.05, 3.63) is 54.1 Å². The van der Waals surface area contributed by atoms with Crippen LogP contribution in [0.1, 0.15) is 28.9 Å². The molecule has 10 heteroatoms. The minimum absolute atomic E-state index is 0.0174. The molecule has 0 unspecified atom stereocenters. The van der Waals surface area contributed by atoms with Gasteiger partial charge in [-0.2, -0.15) is 5.26 Å². The van der Waals surface area contributed by atoms with E-state index in [2.05, 4.69) is 14.9 Å². The third-order valence-corrected chi connectivity index (χ3v) is 6.24. The Morgan fingerprint density at radius 1 is 1.24 bits per heavy atom. The standard InChI is InChI=1S/C24H27N7O3/c1-29(20-5-8-31(9-6-20)22-15-27-19(13-25)14-28-22)23(32)16-34-11-10-30-7-4-17-2-3-18(24(26)33)12-21(17)30/h2-4,7,12,14-15,20H,5-6,8-11,16H2,1H3,(H2,26,33). The minimum Gasteiger partial charge on any atom is -0.370 e. The second-order valence-corrected chi connectivity index (χ2v) is 8.29. The lowest BCUT2D eigenvalue weighted by molar-refractivity contribution is -0.137. The molecule has 10 nitrogen and oxygen atoms in total. The van der Waals surface area contributed by atoms with Gasteiger partial charge < -0.3 is 24.8 Å². The molecule has 1 aliphatic rings. The highest BCUT2D eigenvalue weighted by molar-refractivity contribution is 5.97. The number of piperidine rings is 1. The molecule has 1 fully saturated rings. The molecule has 0 bridgehead atoms. The van der Waals surface area contributed by atoms with Crippen molar-refractivity contribution in [2.45, 2.75) is 25.4 Å². The number of ether oxygens (including phenoxy) is 1. The van der Waals surface area contributed by atoms with Crippen molar-refractivity contribution in [3.8, 4) is 6.07 Å². The number of rotatable bonds is 8. The Hall–Kier alpha value is -3.97. The molecule has 4 rings (SSSR count). The summed E-state index contributed by atoms with van der Waals surface area (Å²) in [5.74, 6) is 0.232. The molecule has 0 saturated carbocycles. The average molecular weight is 462 g/mol. The number of nitrogens with two attached hydrogens (primary N) is 1. The monoisotopic (exact) mass is 461 g/mol. The van der Waals surface area contributed by atoms with Crippen LogP contribution < -0.4 is 10.6 Å². The smallest absolute Gasteiger partial charge is 0.248 e. The highest BCUT2D eigenvalue weighted by atomic mass is 16.5. The number of nitrogens with zero attached hydrogens (tertiary/aromatic N) is 6. The molecule has 2 amide bonds. The normalized spacial score (nSPS) is 14.2. The molecule has 176 valence electrons. The first-order chi connectivity index (χ1) is 16.5. The number of benzene rings is 1. The van der Waals surface area contributed by atoms with Gasteiger partial charge in [-0.15, -0.1) is 0 Å². The maximum Gasteiger partial charge on any atom is 0.248 e. The summed E-state index contributed by atoms with van der Waals surface area (Å²) in [6, 6.07) is 9.42. The lowest BCUT2D eigenvalue weighted by atomic mass is 10.0. The first-order valence-electron chi connectivity index (χ1n) is 11.2. The van der Waals surface area contributed by atoms with Crippen LogP contribution >= 0.6 is 0 Å². The molecule has 0 radical (unpaired) electrons. The summed E-state index contributed by atoms with van der Waals surface area (Å²) in [7, 11) is 1.82. The molecule has 3 aromatic rings. The van der Waals surface area contributed by atoms with Crippen molar-refractivity contribution in [1.29, 1.82) is 5.26 Å². The van der Waals surface area contributed by atoms with E-state index in [0.29, 0.717) is 24.4 Å². The lowest BCUT2D eigenvalue weighted by Gasteiger charge is -2.37. The number of anilines is 1. The fraction of sp³-hybridized carbons (Fsp3) is 0.375. The predicted octanol–water partition coefficient (Wildman–Crippen LogP) is 1.55. The van der Waals surface area contributed by atoms with Gasteiger partial charge in [-0.05, 0) is 36.4 Å². The first kappa shape index (κ1) is 23.2. The highest BCUT2D eigenvalue weighted by Crippen LogP contribution is 2.20. The molecular weight excluding hydrogens is 434 g/mol. The van der Waals surface area contributed by atoms with Gasteiger partial charge in [0.2, 0.25) is 11.8 Å². The summed E-state index contributed by atoms with van der Waals surface area (Å²) in [5, 5.41) is 9.86. The number of nitriles is 1. The molecule has 0 atom stereocenters. The van der Waals surface area contributed by atoms with Gasteiger partial charge in [0.05, 0.1) is 19.0 Å². The van der Waals surface area contributed by atoms with E-state index >= 15 is 0 Å². The Balaban J connectivity index is 1.22. The van der Waals surface area contributed by atoms with Crippen LogP contribution in [-0.4, -0.2) is 70.6 Å². The van der Waals surface area contributed by atoms with Crippen LogP contribution in [0.2, 0.25) is 0 Å². The molecule has 1 aliphatic heterocycles. The summed E-state index contributed by atoms with van der Waals surface area (Å²) in [4.78, 5) is 36.3. The van der Waals surface area contributed by atoms with Gasteiger partial charge in [0.25, 0.3) is 0 Å². The van der Waals surface area contributed by atoms with Gasteiger partial charge in [-0.25, -0.2) is 9.97 Å². The minimum atomic E-state index is -0.463. The SMILES string of the molecule is CN(C(=O)COCCn1ccc2ccc(C(N)=O)cc21)C1CCN(c2cnc(C#N)cn2)CC1. The van der Waals surface area contributed by atoms with E-state index in [9.17, 15) is 9.59 Å². The summed E-state index contributed by atoms with van der Waals surface area (Å²) in [5.41, 5.74) is 7.04. The molecule has 34 heavy (non-hydrogen) atoms. The van der Waals surface area contributed by atoms with Crippen LogP contribution in [0, 0.1) is 11.3 Å². The fourth-order valence-corrected chi connectivity index (χ4v) is 4.18. The molecule has 2 N–H and O–H groups in total. The van der Waals surface area contributed by atoms with Gasteiger partial charge in [0, 0.05) is 50.0 Å². The van der Waals surface area contributed by atoms with Gasteiger partial charge in [0.15, 0.2) is 5.69 Å². The maximum absolute atomic E-state index is 12.6. The van der Waals surface area contributed by atoms with E-state index in [-0.39, 0.29) is 18.6 Å². The second-order valence-electron chi connectivity index (χ2n) is 8.29. The molecule has 1 aromatic carbocycles. The zero-order valence-corrected chi connectivity index (χ0v) is 19.1. The molecule has 0 spiro atoms. The third kappa shape index (κ3) is 5.15. The molecule has 3 heterocycles. The summed E-state index contributed by atoms with van der Waals surface area (Å²) in [6.07, 6.45) is 6.66. The number of carbonyl (C=O) groups is 2. The van der Waals surface area contributed by atoms with Gasteiger partial charge in [-0.3, -0.25) is 9.59 Å². The van der Waals surface area contributed by atoms with Crippen molar-refractivity contribution < 1.29 is 14.3 Å².